The number of hydrogen-bond acceptors (Lipinski definition) is 8. The predicted octanol–water partition coefficient (Wildman–Crippen LogP) is -2.69. The molecule has 0 radical (unpaired) electrons. The number of nitrogen functional groups attached to an aromatic ring is 1. The SMILES string of the molecule is Nc1nc2c(ncn2[C@H]2O[C@@H](CO)[C@@H](O)[C@@H]2O)c(=O)[nH]1. The molecule has 1 fully saturated rings. The van der Waals surface area contributed by atoms with Crippen molar-refractivity contribution in [1.82, 2.24) is 19.5 Å². The van der Waals surface area contributed by atoms with Crippen LogP contribution in [0.25, 0.3) is 11.2 Å². The highest BCUT2D eigenvalue weighted by molar-refractivity contribution is 5.70. The van der Waals surface area contributed by atoms with Crippen LogP contribution < -0.4 is 11.3 Å². The smallest absolute Gasteiger partial charge is 0.280 e. The number of nitrogens with zero attached hydrogens (tertiary/aromatic N) is 3. The van der Waals surface area contributed by atoms with Gasteiger partial charge in [-0.3, -0.25) is 14.3 Å². The van der Waals surface area contributed by atoms with Crippen molar-refractivity contribution in [3.8, 4) is 0 Å². The van der Waals surface area contributed by atoms with Crippen molar-refractivity contribution >= 4 is 17.1 Å². The molecule has 1 saturated heterocycles. The molecular formula is C10H13N5O5. The van der Waals surface area contributed by atoms with Crippen LogP contribution in [0.2, 0.25) is 0 Å². The van der Waals surface area contributed by atoms with Crippen LogP contribution in [-0.4, -0.2) is 59.8 Å². The molecule has 0 amide bonds. The van der Waals surface area contributed by atoms with Gasteiger partial charge in [-0.2, -0.15) is 4.98 Å². The summed E-state index contributed by atoms with van der Waals surface area (Å²) in [5, 5.41) is 28.7. The summed E-state index contributed by atoms with van der Waals surface area (Å²) < 4.78 is 6.64. The highest BCUT2D eigenvalue weighted by Gasteiger charge is 2.44. The number of fused-ring (bicyclic) bond motifs is 1. The summed E-state index contributed by atoms with van der Waals surface area (Å²) in [7, 11) is 0. The van der Waals surface area contributed by atoms with Gasteiger partial charge in [0.25, 0.3) is 5.56 Å². The average molecular weight is 283 g/mol. The fraction of sp³-hybridized carbons (Fsp3) is 0.500. The van der Waals surface area contributed by atoms with Gasteiger partial charge in [-0.1, -0.05) is 0 Å². The molecule has 0 unspecified atom stereocenters. The number of hydrogen-bond donors (Lipinski definition) is 5. The van der Waals surface area contributed by atoms with E-state index < -0.39 is 36.7 Å². The van der Waals surface area contributed by atoms with Crippen LogP contribution in [0, 0.1) is 0 Å². The zero-order chi connectivity index (χ0) is 14.4. The molecule has 10 heteroatoms. The third kappa shape index (κ3) is 1.78. The summed E-state index contributed by atoms with van der Waals surface area (Å²) in [6, 6.07) is 0. The third-order valence-electron chi connectivity index (χ3n) is 3.24. The maximum atomic E-state index is 11.7. The van der Waals surface area contributed by atoms with E-state index in [1.54, 1.807) is 0 Å². The molecule has 0 aliphatic carbocycles. The van der Waals surface area contributed by atoms with Gasteiger partial charge in [-0.05, 0) is 0 Å². The molecule has 6 N–H and O–H groups in total. The first kappa shape index (κ1) is 13.0. The van der Waals surface area contributed by atoms with E-state index >= 15 is 0 Å². The van der Waals surface area contributed by atoms with E-state index in [9.17, 15) is 15.0 Å². The lowest BCUT2D eigenvalue weighted by Gasteiger charge is -2.16. The maximum Gasteiger partial charge on any atom is 0.280 e. The Labute approximate surface area is 111 Å². The Balaban J connectivity index is 2.09. The minimum atomic E-state index is -1.29. The minimum absolute atomic E-state index is 0.0388. The largest absolute Gasteiger partial charge is 0.394 e. The maximum absolute atomic E-state index is 11.7. The molecule has 10 nitrogen and oxygen atoms in total. The topological polar surface area (TPSA) is 160 Å². The van der Waals surface area contributed by atoms with Gasteiger partial charge in [0.1, 0.15) is 18.3 Å². The molecule has 20 heavy (non-hydrogen) atoms. The van der Waals surface area contributed by atoms with Crippen molar-refractivity contribution in [3.63, 3.8) is 0 Å². The first-order valence-electron chi connectivity index (χ1n) is 5.87. The van der Waals surface area contributed by atoms with Gasteiger partial charge in [-0.25, -0.2) is 4.98 Å². The summed E-state index contributed by atoms with van der Waals surface area (Å²) in [5.74, 6) is -0.101. The summed E-state index contributed by atoms with van der Waals surface area (Å²) in [4.78, 5) is 21.8. The molecule has 3 heterocycles. The number of aliphatic hydroxyl groups is 3. The summed E-state index contributed by atoms with van der Waals surface area (Å²) in [6.45, 7) is -0.447. The van der Waals surface area contributed by atoms with E-state index in [0.717, 1.165) is 0 Å². The van der Waals surface area contributed by atoms with Crippen LogP contribution in [0.1, 0.15) is 6.23 Å². The number of aromatic nitrogens is 4. The Morgan fingerprint density at radius 1 is 1.45 bits per heavy atom. The molecule has 3 rings (SSSR count). The average Bonchev–Trinajstić information content (AvgIpc) is 2.93. The Bertz CT molecular complexity index is 697. The molecule has 2 aromatic heterocycles. The summed E-state index contributed by atoms with van der Waals surface area (Å²) in [5.41, 5.74) is 5.12. The zero-order valence-electron chi connectivity index (χ0n) is 10.2. The predicted molar refractivity (Wildman–Crippen MR) is 65.6 cm³/mol. The van der Waals surface area contributed by atoms with E-state index in [0.29, 0.717) is 0 Å². The number of H-pyrrole nitrogens is 1. The van der Waals surface area contributed by atoms with Crippen molar-refractivity contribution in [1.29, 1.82) is 0 Å². The van der Waals surface area contributed by atoms with Gasteiger partial charge in [0.2, 0.25) is 5.95 Å². The van der Waals surface area contributed by atoms with E-state index in [2.05, 4.69) is 15.0 Å². The molecule has 1 aliphatic rings. The van der Waals surface area contributed by atoms with Crippen LogP contribution in [0.15, 0.2) is 11.1 Å². The molecule has 0 aromatic carbocycles. The monoisotopic (exact) mass is 283 g/mol. The van der Waals surface area contributed by atoms with Crippen molar-refractivity contribution in [3.05, 3.63) is 16.7 Å². The number of aromatic amines is 1. The number of nitrogens with one attached hydrogen (secondary N) is 1. The number of nitrogens with two attached hydrogens (primary N) is 1. The Kier molecular flexibility index (Phi) is 2.94. The number of ether oxygens (including phenoxy) is 1. The fourth-order valence-corrected chi connectivity index (χ4v) is 2.24. The molecule has 4 atom stereocenters. The molecular weight excluding hydrogens is 270 g/mol. The normalized spacial score (nSPS) is 30.1. The second kappa shape index (κ2) is 4.52. The third-order valence-corrected chi connectivity index (χ3v) is 3.24. The van der Waals surface area contributed by atoms with Crippen LogP contribution in [-0.2, 0) is 4.74 Å². The molecule has 0 bridgehead atoms. The Morgan fingerprint density at radius 3 is 2.85 bits per heavy atom. The van der Waals surface area contributed by atoms with Crippen LogP contribution >= 0.6 is 0 Å². The van der Waals surface area contributed by atoms with E-state index in [4.69, 9.17) is 15.6 Å². The lowest BCUT2D eigenvalue weighted by Crippen LogP contribution is -2.33. The van der Waals surface area contributed by atoms with Gasteiger partial charge in [0.15, 0.2) is 17.4 Å². The van der Waals surface area contributed by atoms with Gasteiger partial charge in [0, 0.05) is 0 Å². The van der Waals surface area contributed by atoms with E-state index in [-0.39, 0.29) is 17.1 Å². The lowest BCUT2D eigenvalue weighted by molar-refractivity contribution is -0.0511. The molecule has 0 saturated carbocycles. The van der Waals surface area contributed by atoms with Crippen molar-refractivity contribution in [2.45, 2.75) is 24.5 Å². The quantitative estimate of drug-likeness (QED) is 0.398. The Hall–Kier alpha value is -2.01. The van der Waals surface area contributed by atoms with Crippen molar-refractivity contribution in [2.75, 3.05) is 12.3 Å². The highest BCUT2D eigenvalue weighted by Crippen LogP contribution is 2.30. The van der Waals surface area contributed by atoms with E-state index in [1.165, 1.54) is 10.9 Å². The van der Waals surface area contributed by atoms with E-state index in [1.807, 2.05) is 0 Å². The van der Waals surface area contributed by atoms with Gasteiger partial charge >= 0.3 is 0 Å². The molecule has 0 spiro atoms. The van der Waals surface area contributed by atoms with Crippen LogP contribution in [0.3, 0.4) is 0 Å². The number of imidazole rings is 1. The highest BCUT2D eigenvalue weighted by atomic mass is 16.6. The first-order valence-corrected chi connectivity index (χ1v) is 5.87. The number of anilines is 1. The summed E-state index contributed by atoms with van der Waals surface area (Å²) in [6.07, 6.45) is -3.21. The fourth-order valence-electron chi connectivity index (χ4n) is 2.24. The van der Waals surface area contributed by atoms with Crippen molar-refractivity contribution < 1.29 is 20.1 Å². The Morgan fingerprint density at radius 2 is 2.20 bits per heavy atom. The van der Waals surface area contributed by atoms with Crippen LogP contribution in [0.5, 0.6) is 0 Å². The first-order chi connectivity index (χ1) is 9.52. The number of aliphatic hydroxyl groups excluding tert-OH is 3. The minimum Gasteiger partial charge on any atom is -0.394 e. The standard InChI is InChI=1S/C10H13N5O5/c11-10-13-7-4(8(19)14-10)12-2-15(7)9-6(18)5(17)3(1-16)20-9/h2-3,5-6,9,16-18H,1H2,(H3,11,13,14,19)/t3-,5+,6-,9-/m0/s1. The van der Waals surface area contributed by atoms with Gasteiger partial charge in [0.05, 0.1) is 12.9 Å². The van der Waals surface area contributed by atoms with Gasteiger partial charge < -0.3 is 25.8 Å². The number of rotatable bonds is 2. The molecule has 1 aliphatic heterocycles. The lowest BCUT2D eigenvalue weighted by atomic mass is 10.1. The molecule has 2 aromatic rings. The van der Waals surface area contributed by atoms with Gasteiger partial charge in [-0.15, -0.1) is 0 Å². The second-order valence-electron chi connectivity index (χ2n) is 4.50. The summed E-state index contributed by atoms with van der Waals surface area (Å²) >= 11 is 0. The second-order valence-corrected chi connectivity index (χ2v) is 4.50. The van der Waals surface area contributed by atoms with Crippen LogP contribution in [0.4, 0.5) is 5.95 Å². The zero-order valence-corrected chi connectivity index (χ0v) is 10.2. The molecule has 108 valence electrons. The van der Waals surface area contributed by atoms with Crippen molar-refractivity contribution in [2.24, 2.45) is 0 Å².